The highest BCUT2D eigenvalue weighted by atomic mass is 32.1. The number of aromatic nitrogens is 1. The second-order valence-electron chi connectivity index (χ2n) is 11.0. The Morgan fingerprint density at radius 1 is 0.900 bits per heavy atom. The maximum atomic E-state index is 14.4. The number of hydrogen-bond donors (Lipinski definition) is 0. The second kappa shape index (κ2) is 15.0. The minimum Gasteiger partial charge on any atom is -0.493 e. The van der Waals surface area contributed by atoms with Gasteiger partial charge in [-0.2, -0.15) is 5.26 Å². The van der Waals surface area contributed by atoms with Crippen LogP contribution in [0.2, 0.25) is 0 Å². The third-order valence-corrected chi connectivity index (χ3v) is 9.09. The SMILES string of the molecule is CCOC(=O)C1=C(c2ccccc2)N=c2s/c(=C\c3ccc(OCc4ccccc4C#N)c(OC)c3)c(=O)n2[C@H]1c1ccc(OC)c(OC)c1. The fourth-order valence-corrected chi connectivity index (χ4v) is 6.73. The zero-order valence-corrected chi connectivity index (χ0v) is 28.7. The Labute approximate surface area is 292 Å². The fourth-order valence-electron chi connectivity index (χ4n) is 5.73. The average Bonchev–Trinajstić information content (AvgIpc) is 3.47. The summed E-state index contributed by atoms with van der Waals surface area (Å²) < 4.78 is 30.2. The highest BCUT2D eigenvalue weighted by molar-refractivity contribution is 7.07. The van der Waals surface area contributed by atoms with E-state index in [0.717, 1.165) is 5.56 Å². The fraction of sp³-hybridized carbons (Fsp3) is 0.179. The number of ether oxygens (including phenoxy) is 5. The van der Waals surface area contributed by atoms with Crippen molar-refractivity contribution in [3.05, 3.63) is 144 Å². The van der Waals surface area contributed by atoms with E-state index in [1.165, 1.54) is 30.1 Å². The van der Waals surface area contributed by atoms with Crippen LogP contribution in [0, 0.1) is 11.3 Å². The van der Waals surface area contributed by atoms with E-state index in [-0.39, 0.29) is 24.3 Å². The molecule has 0 unspecified atom stereocenters. The summed E-state index contributed by atoms with van der Waals surface area (Å²) in [4.78, 5) is 33.5. The summed E-state index contributed by atoms with van der Waals surface area (Å²) in [5.74, 6) is 1.31. The Balaban J connectivity index is 1.49. The van der Waals surface area contributed by atoms with Crippen molar-refractivity contribution in [2.45, 2.75) is 19.6 Å². The Morgan fingerprint density at radius 2 is 1.60 bits per heavy atom. The summed E-state index contributed by atoms with van der Waals surface area (Å²) in [6.45, 7) is 2.05. The smallest absolute Gasteiger partial charge is 0.338 e. The van der Waals surface area contributed by atoms with Crippen LogP contribution in [-0.2, 0) is 16.1 Å². The molecule has 1 aromatic heterocycles. The van der Waals surface area contributed by atoms with Gasteiger partial charge in [-0.25, -0.2) is 9.79 Å². The van der Waals surface area contributed by atoms with Crippen molar-refractivity contribution in [3.63, 3.8) is 0 Å². The number of esters is 1. The Morgan fingerprint density at radius 3 is 2.32 bits per heavy atom. The van der Waals surface area contributed by atoms with Crippen LogP contribution in [0.5, 0.6) is 23.0 Å². The van der Waals surface area contributed by atoms with Gasteiger partial charge >= 0.3 is 5.97 Å². The number of carbonyl (C=O) groups excluding carboxylic acids is 1. The van der Waals surface area contributed by atoms with Crippen molar-refractivity contribution in [2.75, 3.05) is 27.9 Å². The Kier molecular flexibility index (Phi) is 10.1. The Hall–Kier alpha value is -6.12. The molecular weight excluding hydrogens is 655 g/mol. The van der Waals surface area contributed by atoms with Crippen LogP contribution in [0.25, 0.3) is 11.8 Å². The zero-order valence-electron chi connectivity index (χ0n) is 27.8. The molecular formula is C39H33N3O7S. The van der Waals surface area contributed by atoms with Crippen molar-refractivity contribution >= 4 is 29.1 Å². The average molecular weight is 688 g/mol. The van der Waals surface area contributed by atoms with E-state index in [1.54, 1.807) is 62.6 Å². The number of thiazole rings is 1. The first-order valence-corrected chi connectivity index (χ1v) is 16.5. The van der Waals surface area contributed by atoms with Crippen molar-refractivity contribution in [1.29, 1.82) is 5.26 Å². The minimum absolute atomic E-state index is 0.139. The van der Waals surface area contributed by atoms with Crippen LogP contribution in [0.3, 0.4) is 0 Å². The summed E-state index contributed by atoms with van der Waals surface area (Å²) >= 11 is 1.21. The standard InChI is InChI=1S/C39H33N3O7S/c1-5-48-38(44)34-35(25-11-7-6-8-12-25)41-39-42(36(34)26-16-18-29(45-2)32(21-26)47-4)37(43)33(50-39)20-24-15-17-30(31(19-24)46-3)49-23-28-14-10-9-13-27(28)22-40/h6-21,36H,5,23H2,1-4H3/b33-20-/t36-/m0/s1. The van der Waals surface area contributed by atoms with Gasteiger partial charge in [-0.1, -0.05) is 72.0 Å². The van der Waals surface area contributed by atoms with Crippen LogP contribution >= 0.6 is 11.3 Å². The quantitative estimate of drug-likeness (QED) is 0.169. The molecule has 2 heterocycles. The number of nitriles is 1. The molecule has 11 heteroatoms. The van der Waals surface area contributed by atoms with Gasteiger partial charge in [0.25, 0.3) is 5.56 Å². The molecule has 50 heavy (non-hydrogen) atoms. The molecule has 0 aliphatic carbocycles. The molecule has 0 saturated heterocycles. The van der Waals surface area contributed by atoms with Crippen LogP contribution in [0.4, 0.5) is 0 Å². The number of nitrogens with zero attached hydrogens (tertiary/aromatic N) is 3. The second-order valence-corrected chi connectivity index (χ2v) is 12.0. The summed E-state index contributed by atoms with van der Waals surface area (Å²) in [6, 6.07) is 28.5. The van der Waals surface area contributed by atoms with Crippen molar-refractivity contribution in [2.24, 2.45) is 4.99 Å². The van der Waals surface area contributed by atoms with Crippen molar-refractivity contribution < 1.29 is 28.5 Å². The van der Waals surface area contributed by atoms with E-state index in [2.05, 4.69) is 6.07 Å². The summed E-state index contributed by atoms with van der Waals surface area (Å²) in [5.41, 5.74) is 3.60. The molecule has 0 saturated carbocycles. The molecule has 252 valence electrons. The molecule has 4 aromatic carbocycles. The van der Waals surface area contributed by atoms with E-state index < -0.39 is 12.0 Å². The molecule has 1 aliphatic rings. The third kappa shape index (κ3) is 6.61. The number of methoxy groups -OCH3 is 3. The van der Waals surface area contributed by atoms with Gasteiger partial charge in [0, 0.05) is 11.1 Å². The van der Waals surface area contributed by atoms with E-state index in [4.69, 9.17) is 28.7 Å². The molecule has 6 rings (SSSR count). The highest BCUT2D eigenvalue weighted by Crippen LogP contribution is 2.38. The van der Waals surface area contributed by atoms with Gasteiger partial charge in [0.05, 0.1) is 61.4 Å². The summed E-state index contributed by atoms with van der Waals surface area (Å²) in [6.07, 6.45) is 1.75. The van der Waals surface area contributed by atoms with Crippen LogP contribution in [0.15, 0.2) is 106 Å². The van der Waals surface area contributed by atoms with Gasteiger partial charge in [0.15, 0.2) is 27.8 Å². The zero-order chi connectivity index (χ0) is 35.2. The molecule has 0 N–H and O–H groups in total. The van der Waals surface area contributed by atoms with E-state index >= 15 is 0 Å². The molecule has 0 bridgehead atoms. The highest BCUT2D eigenvalue weighted by Gasteiger charge is 2.35. The van der Waals surface area contributed by atoms with Gasteiger partial charge in [0.2, 0.25) is 0 Å². The molecule has 0 amide bonds. The largest absolute Gasteiger partial charge is 0.493 e. The van der Waals surface area contributed by atoms with Gasteiger partial charge in [-0.15, -0.1) is 0 Å². The molecule has 5 aromatic rings. The number of rotatable bonds is 11. The van der Waals surface area contributed by atoms with Crippen molar-refractivity contribution in [1.82, 2.24) is 4.57 Å². The van der Waals surface area contributed by atoms with Crippen molar-refractivity contribution in [3.8, 4) is 29.1 Å². The van der Waals surface area contributed by atoms with E-state index in [0.29, 0.717) is 60.3 Å². The normalized spacial score (nSPS) is 13.9. The predicted octanol–water partition coefficient (Wildman–Crippen LogP) is 5.41. The maximum Gasteiger partial charge on any atom is 0.338 e. The monoisotopic (exact) mass is 687 g/mol. The topological polar surface area (TPSA) is 121 Å². The lowest BCUT2D eigenvalue weighted by Crippen LogP contribution is -2.40. The van der Waals surface area contributed by atoms with Crippen LogP contribution in [0.1, 0.15) is 40.8 Å². The lowest BCUT2D eigenvalue weighted by atomic mass is 9.93. The summed E-state index contributed by atoms with van der Waals surface area (Å²) in [7, 11) is 4.61. The first kappa shape index (κ1) is 33.8. The van der Waals surface area contributed by atoms with E-state index in [1.807, 2.05) is 48.5 Å². The maximum absolute atomic E-state index is 14.4. The molecule has 10 nitrogen and oxygen atoms in total. The van der Waals surface area contributed by atoms with Crippen LogP contribution in [-0.4, -0.2) is 38.5 Å². The predicted molar refractivity (Wildman–Crippen MR) is 189 cm³/mol. The van der Waals surface area contributed by atoms with Gasteiger partial charge in [-0.05, 0) is 54.5 Å². The molecule has 1 atom stereocenters. The third-order valence-electron chi connectivity index (χ3n) is 8.10. The van der Waals surface area contributed by atoms with Crippen LogP contribution < -0.4 is 33.8 Å². The molecule has 1 aliphatic heterocycles. The molecule has 0 spiro atoms. The number of benzene rings is 4. The first-order chi connectivity index (χ1) is 24.4. The Bertz CT molecular complexity index is 2320. The van der Waals surface area contributed by atoms with Gasteiger partial charge in [0.1, 0.15) is 6.61 Å². The lowest BCUT2D eigenvalue weighted by Gasteiger charge is -2.26. The molecule has 0 fully saturated rings. The van der Waals surface area contributed by atoms with E-state index in [9.17, 15) is 14.9 Å². The molecule has 0 radical (unpaired) electrons. The number of carbonyl (C=O) groups is 1. The first-order valence-electron chi connectivity index (χ1n) is 15.7. The van der Waals surface area contributed by atoms with Gasteiger partial charge < -0.3 is 23.7 Å². The lowest BCUT2D eigenvalue weighted by molar-refractivity contribution is -0.138. The summed E-state index contributed by atoms with van der Waals surface area (Å²) in [5, 5.41) is 9.44. The van der Waals surface area contributed by atoms with Gasteiger partial charge in [-0.3, -0.25) is 9.36 Å². The minimum atomic E-state index is -0.885. The number of fused-ring (bicyclic) bond motifs is 1. The number of hydrogen-bond acceptors (Lipinski definition) is 10.